The van der Waals surface area contributed by atoms with Crippen molar-refractivity contribution >= 4 is 17.5 Å². The van der Waals surface area contributed by atoms with Gasteiger partial charge >= 0.3 is 0 Å². The predicted molar refractivity (Wildman–Crippen MR) is 103 cm³/mol. The largest absolute Gasteiger partial charge is 0.497 e. The minimum absolute atomic E-state index is 0.0216. The van der Waals surface area contributed by atoms with Gasteiger partial charge in [-0.05, 0) is 38.4 Å². The van der Waals surface area contributed by atoms with Crippen LogP contribution in [0, 0.1) is 0 Å². The number of amides is 2. The zero-order valence-electron chi connectivity index (χ0n) is 16.3. The number of carbonyl (C=O) groups is 2. The minimum Gasteiger partial charge on any atom is -0.497 e. The van der Waals surface area contributed by atoms with E-state index in [0.29, 0.717) is 19.6 Å². The van der Waals surface area contributed by atoms with Crippen LogP contribution < -0.4 is 9.64 Å². The van der Waals surface area contributed by atoms with Gasteiger partial charge in [-0.3, -0.25) is 9.59 Å². The second-order valence-corrected chi connectivity index (χ2v) is 6.81. The summed E-state index contributed by atoms with van der Waals surface area (Å²) in [5, 5.41) is 0. The van der Waals surface area contributed by atoms with E-state index >= 15 is 0 Å². The Labute approximate surface area is 156 Å². The first-order valence-corrected chi connectivity index (χ1v) is 8.97. The minimum atomic E-state index is -0.0583. The molecule has 0 radical (unpaired) electrons. The number of methoxy groups -OCH3 is 1. The molecule has 1 aromatic carbocycles. The first-order chi connectivity index (χ1) is 12.4. The van der Waals surface area contributed by atoms with Crippen molar-refractivity contribution < 1.29 is 14.3 Å². The van der Waals surface area contributed by atoms with Gasteiger partial charge < -0.3 is 24.3 Å². The molecule has 0 spiro atoms. The quantitative estimate of drug-likeness (QED) is 0.717. The molecule has 0 atom stereocenters. The number of rotatable bonds is 7. The highest BCUT2D eigenvalue weighted by atomic mass is 16.5. The van der Waals surface area contributed by atoms with Gasteiger partial charge in [0.2, 0.25) is 11.8 Å². The molecular formula is C19H30N4O3. The molecular weight excluding hydrogens is 332 g/mol. The fourth-order valence-corrected chi connectivity index (χ4v) is 2.94. The van der Waals surface area contributed by atoms with E-state index < -0.39 is 0 Å². The molecule has 7 heteroatoms. The van der Waals surface area contributed by atoms with Crippen molar-refractivity contribution in [3.8, 4) is 5.75 Å². The van der Waals surface area contributed by atoms with E-state index in [2.05, 4.69) is 4.90 Å². The van der Waals surface area contributed by atoms with Crippen LogP contribution in [0.25, 0.3) is 0 Å². The summed E-state index contributed by atoms with van der Waals surface area (Å²) in [6.07, 6.45) is 0. The molecule has 0 N–H and O–H groups in total. The van der Waals surface area contributed by atoms with Crippen molar-refractivity contribution in [1.29, 1.82) is 0 Å². The lowest BCUT2D eigenvalue weighted by atomic mass is 10.2. The Morgan fingerprint density at radius 1 is 1.04 bits per heavy atom. The molecule has 1 saturated heterocycles. The molecule has 0 aliphatic carbocycles. The van der Waals surface area contributed by atoms with Gasteiger partial charge in [-0.25, -0.2) is 0 Å². The highest BCUT2D eigenvalue weighted by molar-refractivity contribution is 5.84. The molecule has 2 rings (SSSR count). The average Bonchev–Trinajstić information content (AvgIpc) is 2.64. The average molecular weight is 362 g/mol. The topological polar surface area (TPSA) is 56.3 Å². The lowest BCUT2D eigenvalue weighted by Gasteiger charge is -2.37. The van der Waals surface area contributed by atoms with E-state index in [0.717, 1.165) is 31.1 Å². The van der Waals surface area contributed by atoms with Gasteiger partial charge in [-0.2, -0.15) is 0 Å². The summed E-state index contributed by atoms with van der Waals surface area (Å²) in [5.41, 5.74) is 1.13. The zero-order chi connectivity index (χ0) is 19.1. The van der Waals surface area contributed by atoms with Crippen LogP contribution in [0.3, 0.4) is 0 Å². The first kappa shape index (κ1) is 20.0. The fourth-order valence-electron chi connectivity index (χ4n) is 2.94. The summed E-state index contributed by atoms with van der Waals surface area (Å²) in [5.74, 6) is 0.801. The molecule has 0 saturated carbocycles. The lowest BCUT2D eigenvalue weighted by molar-refractivity contribution is -0.139. The number of hydrogen-bond donors (Lipinski definition) is 0. The van der Waals surface area contributed by atoms with Crippen molar-refractivity contribution in [2.75, 3.05) is 71.9 Å². The van der Waals surface area contributed by atoms with Gasteiger partial charge in [0.15, 0.2) is 0 Å². The molecule has 2 amide bonds. The number of nitrogens with zero attached hydrogens (tertiary/aromatic N) is 4. The number of benzene rings is 1. The third-order valence-corrected chi connectivity index (χ3v) is 4.66. The molecule has 26 heavy (non-hydrogen) atoms. The van der Waals surface area contributed by atoms with Crippen LogP contribution in [0.4, 0.5) is 5.69 Å². The van der Waals surface area contributed by atoms with Crippen LogP contribution in [0.1, 0.15) is 6.92 Å². The molecule has 1 aliphatic heterocycles. The van der Waals surface area contributed by atoms with Crippen LogP contribution >= 0.6 is 0 Å². The predicted octanol–water partition coefficient (Wildman–Crippen LogP) is 0.754. The van der Waals surface area contributed by atoms with E-state index in [4.69, 9.17) is 4.74 Å². The number of likely N-dealkylation sites (N-methyl/N-ethyl adjacent to an activating group) is 1. The Hall–Kier alpha value is -2.28. The van der Waals surface area contributed by atoms with E-state index in [1.807, 2.05) is 48.2 Å². The molecule has 7 nitrogen and oxygen atoms in total. The fraction of sp³-hybridized carbons (Fsp3) is 0.579. The monoisotopic (exact) mass is 362 g/mol. The number of carbonyl (C=O) groups excluding carboxylic acids is 2. The van der Waals surface area contributed by atoms with Crippen LogP contribution in [-0.2, 0) is 9.59 Å². The second kappa shape index (κ2) is 9.43. The van der Waals surface area contributed by atoms with Crippen molar-refractivity contribution in [3.63, 3.8) is 0 Å². The zero-order valence-corrected chi connectivity index (χ0v) is 16.3. The van der Waals surface area contributed by atoms with Crippen LogP contribution in [0.2, 0.25) is 0 Å². The molecule has 0 unspecified atom stereocenters. The van der Waals surface area contributed by atoms with Gasteiger partial charge in [-0.15, -0.1) is 0 Å². The smallest absolute Gasteiger partial charge is 0.242 e. The maximum Gasteiger partial charge on any atom is 0.242 e. The summed E-state index contributed by atoms with van der Waals surface area (Å²) < 4.78 is 5.19. The summed E-state index contributed by atoms with van der Waals surface area (Å²) in [6, 6.07) is 7.97. The van der Waals surface area contributed by atoms with Gasteiger partial charge in [0.05, 0.1) is 13.7 Å². The van der Waals surface area contributed by atoms with E-state index in [1.54, 1.807) is 12.0 Å². The van der Waals surface area contributed by atoms with Gasteiger partial charge in [0, 0.05) is 51.9 Å². The number of ether oxygens (including phenoxy) is 1. The van der Waals surface area contributed by atoms with E-state index in [1.165, 1.54) is 6.92 Å². The highest BCUT2D eigenvalue weighted by Gasteiger charge is 2.23. The second-order valence-electron chi connectivity index (χ2n) is 6.81. The summed E-state index contributed by atoms with van der Waals surface area (Å²) >= 11 is 0. The van der Waals surface area contributed by atoms with Gasteiger partial charge in [-0.1, -0.05) is 0 Å². The van der Waals surface area contributed by atoms with E-state index in [9.17, 15) is 9.59 Å². The maximum absolute atomic E-state index is 12.6. The Kier molecular flexibility index (Phi) is 7.26. The molecule has 1 heterocycles. The van der Waals surface area contributed by atoms with Crippen molar-refractivity contribution in [1.82, 2.24) is 14.7 Å². The normalized spacial score (nSPS) is 14.5. The summed E-state index contributed by atoms with van der Waals surface area (Å²) in [4.78, 5) is 32.1. The SMILES string of the molecule is COc1ccc(N2CCN(C(=O)CN(CCN(C)C)C(C)=O)CC2)cc1. The van der Waals surface area contributed by atoms with Gasteiger partial charge in [0.25, 0.3) is 0 Å². The Balaban J connectivity index is 1.85. The Bertz CT molecular complexity index is 595. The Morgan fingerprint density at radius 3 is 2.15 bits per heavy atom. The highest BCUT2D eigenvalue weighted by Crippen LogP contribution is 2.20. The number of hydrogen-bond acceptors (Lipinski definition) is 5. The standard InChI is InChI=1S/C19H30N4O3/c1-16(24)23(10-9-20(2)3)15-19(25)22-13-11-21(12-14-22)17-5-7-18(26-4)8-6-17/h5-8H,9-15H2,1-4H3. The number of anilines is 1. The van der Waals surface area contributed by atoms with E-state index in [-0.39, 0.29) is 18.4 Å². The van der Waals surface area contributed by atoms with Crippen molar-refractivity contribution in [3.05, 3.63) is 24.3 Å². The molecule has 0 aromatic heterocycles. The molecule has 0 bridgehead atoms. The van der Waals surface area contributed by atoms with Crippen LogP contribution in [0.15, 0.2) is 24.3 Å². The molecule has 144 valence electrons. The third kappa shape index (κ3) is 5.62. The maximum atomic E-state index is 12.6. The van der Waals surface area contributed by atoms with Crippen LogP contribution in [0.5, 0.6) is 5.75 Å². The molecule has 1 aromatic rings. The summed E-state index contributed by atoms with van der Waals surface area (Å²) in [6.45, 7) is 5.91. The first-order valence-electron chi connectivity index (χ1n) is 8.97. The van der Waals surface area contributed by atoms with Crippen molar-refractivity contribution in [2.24, 2.45) is 0 Å². The summed E-state index contributed by atoms with van der Waals surface area (Å²) in [7, 11) is 5.57. The van der Waals surface area contributed by atoms with Crippen LogP contribution in [-0.4, -0.2) is 93.5 Å². The molecule has 1 fully saturated rings. The van der Waals surface area contributed by atoms with Gasteiger partial charge in [0.1, 0.15) is 5.75 Å². The lowest BCUT2D eigenvalue weighted by Crippen LogP contribution is -2.52. The van der Waals surface area contributed by atoms with Crippen molar-refractivity contribution in [2.45, 2.75) is 6.92 Å². The molecule has 1 aliphatic rings. The number of piperazine rings is 1. The Morgan fingerprint density at radius 2 is 1.65 bits per heavy atom. The third-order valence-electron chi connectivity index (χ3n) is 4.66.